The molecule has 5 nitrogen and oxygen atoms in total. The highest BCUT2D eigenvalue weighted by Gasteiger charge is 2.18. The average Bonchev–Trinajstić information content (AvgIpc) is 2.23. The summed E-state index contributed by atoms with van der Waals surface area (Å²) >= 11 is 1.56. The molecular formula is C11H22N2O3S. The van der Waals surface area contributed by atoms with E-state index in [2.05, 4.69) is 24.5 Å². The number of aliphatic carboxylic acids is 1. The number of carboxylic acid groups (broad SMARTS) is 1. The Kier molecular flexibility index (Phi) is 8.66. The number of nitrogens with one attached hydrogen (secondary N) is 2. The molecule has 0 bridgehead atoms. The van der Waals surface area contributed by atoms with E-state index in [-0.39, 0.29) is 0 Å². The first kappa shape index (κ1) is 16.1. The SMILES string of the molecule is CSCC[C@@H](NC(=O)NCCC(C)C)C(=O)O. The van der Waals surface area contributed by atoms with E-state index in [1.165, 1.54) is 0 Å². The number of carbonyl (C=O) groups excluding carboxylic acids is 1. The Morgan fingerprint density at radius 2 is 1.94 bits per heavy atom. The lowest BCUT2D eigenvalue weighted by Gasteiger charge is -2.15. The van der Waals surface area contributed by atoms with Crippen LogP contribution in [0.1, 0.15) is 26.7 Å². The normalized spacial score (nSPS) is 12.2. The van der Waals surface area contributed by atoms with E-state index in [1.807, 2.05) is 6.26 Å². The zero-order chi connectivity index (χ0) is 13.3. The molecule has 6 heteroatoms. The molecule has 0 saturated carbocycles. The quantitative estimate of drug-likeness (QED) is 0.620. The van der Waals surface area contributed by atoms with Crippen molar-refractivity contribution in [1.82, 2.24) is 10.6 Å². The largest absolute Gasteiger partial charge is 0.480 e. The molecule has 1 atom stereocenters. The van der Waals surface area contributed by atoms with Gasteiger partial charge in [0.15, 0.2) is 0 Å². The van der Waals surface area contributed by atoms with Crippen molar-refractivity contribution in [2.24, 2.45) is 5.92 Å². The van der Waals surface area contributed by atoms with Gasteiger partial charge in [-0.2, -0.15) is 11.8 Å². The van der Waals surface area contributed by atoms with Gasteiger partial charge in [-0.25, -0.2) is 9.59 Å². The van der Waals surface area contributed by atoms with Crippen molar-refractivity contribution in [3.05, 3.63) is 0 Å². The van der Waals surface area contributed by atoms with E-state index in [0.29, 0.717) is 24.6 Å². The van der Waals surface area contributed by atoms with E-state index in [4.69, 9.17) is 5.11 Å². The van der Waals surface area contributed by atoms with E-state index >= 15 is 0 Å². The maximum Gasteiger partial charge on any atom is 0.326 e. The first-order chi connectivity index (χ1) is 7.97. The number of hydrogen-bond acceptors (Lipinski definition) is 3. The number of rotatable bonds is 8. The highest BCUT2D eigenvalue weighted by molar-refractivity contribution is 7.98. The molecule has 0 heterocycles. The summed E-state index contributed by atoms with van der Waals surface area (Å²) in [6.07, 6.45) is 3.23. The van der Waals surface area contributed by atoms with E-state index in [1.54, 1.807) is 11.8 Å². The predicted octanol–water partition coefficient (Wildman–Crippen LogP) is 1.54. The molecule has 0 unspecified atom stereocenters. The van der Waals surface area contributed by atoms with Crippen molar-refractivity contribution in [2.45, 2.75) is 32.7 Å². The second-order valence-electron chi connectivity index (χ2n) is 4.26. The van der Waals surface area contributed by atoms with Crippen LogP contribution in [0.3, 0.4) is 0 Å². The zero-order valence-electron chi connectivity index (χ0n) is 10.7. The minimum absolute atomic E-state index is 0.404. The minimum Gasteiger partial charge on any atom is -0.480 e. The van der Waals surface area contributed by atoms with Gasteiger partial charge in [0, 0.05) is 6.54 Å². The summed E-state index contributed by atoms with van der Waals surface area (Å²) in [5.41, 5.74) is 0. The van der Waals surface area contributed by atoms with Crippen LogP contribution in [-0.2, 0) is 4.79 Å². The van der Waals surface area contributed by atoms with Crippen LogP contribution in [0.15, 0.2) is 0 Å². The smallest absolute Gasteiger partial charge is 0.326 e. The molecule has 0 aliphatic rings. The van der Waals surface area contributed by atoms with Crippen LogP contribution in [0, 0.1) is 5.92 Å². The summed E-state index contributed by atoms with van der Waals surface area (Å²) in [5, 5.41) is 14.0. The van der Waals surface area contributed by atoms with Crippen LogP contribution in [0.2, 0.25) is 0 Å². The van der Waals surface area contributed by atoms with Crippen molar-refractivity contribution in [3.63, 3.8) is 0 Å². The molecule has 0 radical (unpaired) electrons. The van der Waals surface area contributed by atoms with Crippen molar-refractivity contribution >= 4 is 23.8 Å². The molecular weight excluding hydrogens is 240 g/mol. The van der Waals surface area contributed by atoms with Crippen molar-refractivity contribution < 1.29 is 14.7 Å². The Bertz CT molecular complexity index is 247. The molecule has 3 N–H and O–H groups in total. The predicted molar refractivity (Wildman–Crippen MR) is 70.4 cm³/mol. The van der Waals surface area contributed by atoms with Gasteiger partial charge in [-0.15, -0.1) is 0 Å². The summed E-state index contributed by atoms with van der Waals surface area (Å²) in [5.74, 6) is 0.239. The van der Waals surface area contributed by atoms with E-state index in [0.717, 1.165) is 6.42 Å². The van der Waals surface area contributed by atoms with Gasteiger partial charge in [-0.3, -0.25) is 0 Å². The average molecular weight is 262 g/mol. The second-order valence-corrected chi connectivity index (χ2v) is 5.24. The molecule has 0 aliphatic carbocycles. The summed E-state index contributed by atoms with van der Waals surface area (Å²) in [7, 11) is 0. The number of thioether (sulfide) groups is 1. The van der Waals surface area contributed by atoms with Gasteiger partial charge < -0.3 is 15.7 Å². The van der Waals surface area contributed by atoms with Crippen LogP contribution in [0.4, 0.5) is 4.79 Å². The number of amides is 2. The molecule has 0 saturated heterocycles. The fourth-order valence-corrected chi connectivity index (χ4v) is 1.65. The third kappa shape index (κ3) is 8.85. The van der Waals surface area contributed by atoms with Gasteiger partial charge in [0.25, 0.3) is 0 Å². The van der Waals surface area contributed by atoms with Crippen LogP contribution in [-0.4, -0.2) is 41.7 Å². The Morgan fingerprint density at radius 3 is 2.41 bits per heavy atom. The topological polar surface area (TPSA) is 78.4 Å². The highest BCUT2D eigenvalue weighted by Crippen LogP contribution is 2.01. The van der Waals surface area contributed by atoms with E-state index in [9.17, 15) is 9.59 Å². The van der Waals surface area contributed by atoms with Crippen LogP contribution < -0.4 is 10.6 Å². The van der Waals surface area contributed by atoms with Gasteiger partial charge in [0.2, 0.25) is 0 Å². The van der Waals surface area contributed by atoms with Crippen molar-refractivity contribution in [1.29, 1.82) is 0 Å². The fraction of sp³-hybridized carbons (Fsp3) is 0.818. The molecule has 100 valence electrons. The molecule has 17 heavy (non-hydrogen) atoms. The summed E-state index contributed by atoms with van der Waals surface area (Å²) in [4.78, 5) is 22.3. The molecule has 2 amide bonds. The van der Waals surface area contributed by atoms with Gasteiger partial charge in [-0.1, -0.05) is 13.8 Å². The Balaban J connectivity index is 3.91. The second kappa shape index (κ2) is 9.15. The maximum absolute atomic E-state index is 11.4. The Labute approximate surface area is 107 Å². The van der Waals surface area contributed by atoms with Crippen LogP contribution >= 0.6 is 11.8 Å². The summed E-state index contributed by atoms with van der Waals surface area (Å²) in [6.45, 7) is 4.70. The third-order valence-corrected chi connectivity index (χ3v) is 2.87. The van der Waals surface area contributed by atoms with E-state index < -0.39 is 18.0 Å². The lowest BCUT2D eigenvalue weighted by molar-refractivity contribution is -0.139. The third-order valence-electron chi connectivity index (χ3n) is 2.22. The zero-order valence-corrected chi connectivity index (χ0v) is 11.5. The molecule has 0 fully saturated rings. The van der Waals surface area contributed by atoms with Crippen molar-refractivity contribution in [3.8, 4) is 0 Å². The number of urea groups is 1. The summed E-state index contributed by atoms with van der Waals surface area (Å²) < 4.78 is 0. The molecule has 0 aromatic rings. The van der Waals surface area contributed by atoms with Crippen LogP contribution in [0.25, 0.3) is 0 Å². The highest BCUT2D eigenvalue weighted by atomic mass is 32.2. The lowest BCUT2D eigenvalue weighted by atomic mass is 10.1. The minimum atomic E-state index is -0.988. The number of hydrogen-bond donors (Lipinski definition) is 3. The first-order valence-corrected chi connectivity index (χ1v) is 7.12. The fourth-order valence-electron chi connectivity index (χ4n) is 1.18. The molecule has 0 aromatic heterocycles. The van der Waals surface area contributed by atoms with Crippen molar-refractivity contribution in [2.75, 3.05) is 18.6 Å². The molecule has 0 rings (SSSR count). The number of carboxylic acids is 1. The van der Waals surface area contributed by atoms with Gasteiger partial charge in [-0.05, 0) is 30.8 Å². The number of carbonyl (C=O) groups is 2. The standard InChI is InChI=1S/C11H22N2O3S/c1-8(2)4-6-12-11(16)13-9(10(14)15)5-7-17-3/h8-9H,4-7H2,1-3H3,(H,14,15)(H2,12,13,16)/t9-/m1/s1. The maximum atomic E-state index is 11.4. The first-order valence-electron chi connectivity index (χ1n) is 5.73. The van der Waals surface area contributed by atoms with Gasteiger partial charge in [0.05, 0.1) is 0 Å². The molecule has 0 aromatic carbocycles. The Hall–Kier alpha value is -0.910. The van der Waals surface area contributed by atoms with Gasteiger partial charge in [0.1, 0.15) is 6.04 Å². The Morgan fingerprint density at radius 1 is 1.29 bits per heavy atom. The molecule has 0 spiro atoms. The van der Waals surface area contributed by atoms with Crippen LogP contribution in [0.5, 0.6) is 0 Å². The van der Waals surface area contributed by atoms with Gasteiger partial charge >= 0.3 is 12.0 Å². The summed E-state index contributed by atoms with van der Waals surface area (Å²) in [6, 6.07) is -1.21. The molecule has 0 aliphatic heterocycles. The lowest BCUT2D eigenvalue weighted by Crippen LogP contribution is -2.46. The monoisotopic (exact) mass is 262 g/mol.